The van der Waals surface area contributed by atoms with Crippen molar-refractivity contribution >= 4 is 28.7 Å². The second-order valence-electron chi connectivity index (χ2n) is 4.46. The van der Waals surface area contributed by atoms with Gasteiger partial charge in [0.2, 0.25) is 0 Å². The number of ether oxygens (including phenoxy) is 1. The predicted molar refractivity (Wildman–Crippen MR) is 70.8 cm³/mol. The van der Waals surface area contributed by atoms with Crippen LogP contribution in [0.15, 0.2) is 17.8 Å². The number of aliphatic carboxylic acids is 1. The number of azide groups is 1. The standard InChI is InChI=1S/C10H8ClN7O4/c11-7-4-8(14-1-13-7)18(2-15-4)9-5(19)3(16-17-12)6(22-9)10(20)21/h1-3,5-6,9,19H,(H,20,21). The van der Waals surface area contributed by atoms with E-state index in [9.17, 15) is 9.90 Å². The molecule has 22 heavy (non-hydrogen) atoms. The summed E-state index contributed by atoms with van der Waals surface area (Å²) in [6.07, 6.45) is -1.51. The number of carboxylic acid groups (broad SMARTS) is 1. The maximum absolute atomic E-state index is 11.2. The van der Waals surface area contributed by atoms with Gasteiger partial charge in [0, 0.05) is 4.91 Å². The third kappa shape index (κ3) is 2.12. The average Bonchev–Trinajstić information content (AvgIpc) is 3.03. The normalized spacial score (nSPS) is 27.7. The fourth-order valence-corrected chi connectivity index (χ4v) is 2.47. The number of aromatic nitrogens is 4. The predicted octanol–water partition coefficient (Wildman–Crippen LogP) is 0.501. The molecule has 0 radical (unpaired) electrons. The summed E-state index contributed by atoms with van der Waals surface area (Å²) in [5, 5.41) is 22.7. The van der Waals surface area contributed by atoms with Crippen molar-refractivity contribution in [3.8, 4) is 0 Å². The van der Waals surface area contributed by atoms with Gasteiger partial charge in [0.05, 0.1) is 6.33 Å². The zero-order valence-electron chi connectivity index (χ0n) is 10.7. The Bertz CT molecular complexity index is 789. The van der Waals surface area contributed by atoms with Crippen molar-refractivity contribution in [2.24, 2.45) is 5.11 Å². The first kappa shape index (κ1) is 14.5. The SMILES string of the molecule is [N-]=[N+]=NC1C(C(=O)O)OC(n2cnc3c(Cl)ncnc32)C1O. The van der Waals surface area contributed by atoms with Crippen LogP contribution >= 0.6 is 11.6 Å². The number of rotatable bonds is 3. The quantitative estimate of drug-likeness (QED) is 0.359. The molecule has 3 heterocycles. The van der Waals surface area contributed by atoms with Crippen molar-refractivity contribution in [2.75, 3.05) is 0 Å². The summed E-state index contributed by atoms with van der Waals surface area (Å²) in [6, 6.07) is -1.28. The molecule has 11 nitrogen and oxygen atoms in total. The molecule has 2 aromatic rings. The summed E-state index contributed by atoms with van der Waals surface area (Å²) in [5.74, 6) is -1.35. The summed E-state index contributed by atoms with van der Waals surface area (Å²) in [7, 11) is 0. The van der Waals surface area contributed by atoms with Gasteiger partial charge in [-0.2, -0.15) is 0 Å². The van der Waals surface area contributed by atoms with Gasteiger partial charge in [0.15, 0.2) is 23.1 Å². The van der Waals surface area contributed by atoms with Gasteiger partial charge < -0.3 is 14.9 Å². The van der Waals surface area contributed by atoms with Gasteiger partial charge in [0.1, 0.15) is 24.0 Å². The molecule has 0 saturated carbocycles. The van der Waals surface area contributed by atoms with Crippen molar-refractivity contribution in [1.82, 2.24) is 19.5 Å². The highest BCUT2D eigenvalue weighted by molar-refractivity contribution is 6.33. The van der Waals surface area contributed by atoms with Gasteiger partial charge in [-0.15, -0.1) is 0 Å². The first-order chi connectivity index (χ1) is 10.5. The van der Waals surface area contributed by atoms with Crippen LogP contribution < -0.4 is 0 Å². The van der Waals surface area contributed by atoms with Crippen LogP contribution in [-0.4, -0.2) is 54.0 Å². The maximum Gasteiger partial charge on any atom is 0.333 e. The van der Waals surface area contributed by atoms with Crippen molar-refractivity contribution in [3.05, 3.63) is 28.3 Å². The Morgan fingerprint density at radius 1 is 1.50 bits per heavy atom. The zero-order valence-corrected chi connectivity index (χ0v) is 11.4. The lowest BCUT2D eigenvalue weighted by Gasteiger charge is -2.16. The first-order valence-corrected chi connectivity index (χ1v) is 6.36. The third-order valence-corrected chi connectivity index (χ3v) is 3.53. The molecule has 3 rings (SSSR count). The fourth-order valence-electron chi connectivity index (χ4n) is 2.29. The minimum atomic E-state index is -1.48. The lowest BCUT2D eigenvalue weighted by atomic mass is 10.1. The molecule has 12 heteroatoms. The molecule has 0 bridgehead atoms. The van der Waals surface area contributed by atoms with Crippen LogP contribution in [0.25, 0.3) is 21.6 Å². The molecule has 1 aliphatic heterocycles. The molecule has 1 aliphatic rings. The summed E-state index contributed by atoms with van der Waals surface area (Å²) in [5.41, 5.74) is 9.05. The summed E-state index contributed by atoms with van der Waals surface area (Å²) >= 11 is 5.88. The molecule has 0 aromatic carbocycles. The lowest BCUT2D eigenvalue weighted by Crippen LogP contribution is -2.34. The van der Waals surface area contributed by atoms with E-state index in [-0.39, 0.29) is 16.3 Å². The van der Waals surface area contributed by atoms with E-state index in [1.165, 1.54) is 17.2 Å². The molecule has 0 aliphatic carbocycles. The number of carbonyl (C=O) groups is 1. The average molecular weight is 326 g/mol. The number of aliphatic hydroxyl groups excluding tert-OH is 1. The van der Waals surface area contributed by atoms with E-state index in [2.05, 4.69) is 25.0 Å². The summed E-state index contributed by atoms with van der Waals surface area (Å²) in [6.45, 7) is 0. The Labute approximate surface area is 126 Å². The van der Waals surface area contributed by atoms with Crippen LogP contribution in [-0.2, 0) is 9.53 Å². The Morgan fingerprint density at radius 2 is 2.27 bits per heavy atom. The van der Waals surface area contributed by atoms with E-state index >= 15 is 0 Å². The Hall–Kier alpha value is -2.46. The van der Waals surface area contributed by atoms with E-state index < -0.39 is 30.4 Å². The van der Waals surface area contributed by atoms with Crippen molar-refractivity contribution in [2.45, 2.75) is 24.5 Å². The van der Waals surface area contributed by atoms with Crippen LogP contribution in [0.1, 0.15) is 6.23 Å². The van der Waals surface area contributed by atoms with E-state index in [0.717, 1.165) is 0 Å². The highest BCUT2D eigenvalue weighted by atomic mass is 35.5. The number of hydrogen-bond acceptors (Lipinski definition) is 7. The van der Waals surface area contributed by atoms with Gasteiger partial charge in [-0.1, -0.05) is 16.7 Å². The number of carboxylic acids is 1. The van der Waals surface area contributed by atoms with Crippen LogP contribution in [0.5, 0.6) is 0 Å². The van der Waals surface area contributed by atoms with E-state index in [0.29, 0.717) is 0 Å². The van der Waals surface area contributed by atoms with Gasteiger partial charge in [0.25, 0.3) is 0 Å². The molecule has 114 valence electrons. The number of fused-ring (bicyclic) bond motifs is 1. The molecule has 2 N–H and O–H groups in total. The van der Waals surface area contributed by atoms with Gasteiger partial charge in [-0.25, -0.2) is 19.7 Å². The topological polar surface area (TPSA) is 159 Å². The highest BCUT2D eigenvalue weighted by Crippen LogP contribution is 2.34. The van der Waals surface area contributed by atoms with Gasteiger partial charge >= 0.3 is 5.97 Å². The molecule has 2 aromatic heterocycles. The maximum atomic E-state index is 11.2. The van der Waals surface area contributed by atoms with Crippen LogP contribution in [0.4, 0.5) is 0 Å². The summed E-state index contributed by atoms with van der Waals surface area (Å²) in [4.78, 5) is 25.5. The first-order valence-electron chi connectivity index (χ1n) is 5.98. The molecular weight excluding hydrogens is 318 g/mol. The largest absolute Gasteiger partial charge is 0.479 e. The second kappa shape index (κ2) is 5.39. The molecule has 4 unspecified atom stereocenters. The molecule has 0 spiro atoms. The molecule has 1 fully saturated rings. The van der Waals surface area contributed by atoms with Gasteiger partial charge in [-0.05, 0) is 5.53 Å². The lowest BCUT2D eigenvalue weighted by molar-refractivity contribution is -0.152. The summed E-state index contributed by atoms with van der Waals surface area (Å²) < 4.78 is 6.61. The minimum absolute atomic E-state index is 0.109. The number of halogens is 1. The van der Waals surface area contributed by atoms with Gasteiger partial charge in [-0.3, -0.25) is 4.57 Å². The highest BCUT2D eigenvalue weighted by Gasteiger charge is 2.48. The van der Waals surface area contributed by atoms with Crippen LogP contribution in [0.2, 0.25) is 5.15 Å². The monoisotopic (exact) mass is 325 g/mol. The molecule has 4 atom stereocenters. The Morgan fingerprint density at radius 3 is 2.95 bits per heavy atom. The fraction of sp³-hybridized carbons (Fsp3) is 0.400. The minimum Gasteiger partial charge on any atom is -0.479 e. The smallest absolute Gasteiger partial charge is 0.333 e. The number of imidazole rings is 1. The Balaban J connectivity index is 2.05. The second-order valence-corrected chi connectivity index (χ2v) is 4.82. The Kier molecular flexibility index (Phi) is 3.54. The molecule has 0 amide bonds. The van der Waals surface area contributed by atoms with Crippen molar-refractivity contribution < 1.29 is 19.7 Å². The van der Waals surface area contributed by atoms with Crippen LogP contribution in [0.3, 0.4) is 0 Å². The number of nitrogens with zero attached hydrogens (tertiary/aromatic N) is 7. The van der Waals surface area contributed by atoms with E-state index in [4.69, 9.17) is 27.0 Å². The van der Waals surface area contributed by atoms with Crippen molar-refractivity contribution in [1.29, 1.82) is 0 Å². The third-order valence-electron chi connectivity index (χ3n) is 3.25. The van der Waals surface area contributed by atoms with Crippen molar-refractivity contribution in [3.63, 3.8) is 0 Å². The number of hydrogen-bond donors (Lipinski definition) is 2. The van der Waals surface area contributed by atoms with E-state index in [1.807, 2.05) is 0 Å². The zero-order chi connectivity index (χ0) is 15.9. The van der Waals surface area contributed by atoms with Crippen LogP contribution in [0, 0.1) is 0 Å². The molecule has 1 saturated heterocycles. The molecular formula is C10H8ClN7O4. The number of aliphatic hydroxyl groups is 1. The van der Waals surface area contributed by atoms with E-state index in [1.54, 1.807) is 0 Å².